The Morgan fingerprint density at radius 3 is 2.57 bits per heavy atom. The molecule has 35 heavy (non-hydrogen) atoms. The number of nitrogens with one attached hydrogen (secondary N) is 2. The first-order valence-electron chi connectivity index (χ1n) is 12.3. The van der Waals surface area contributed by atoms with Gasteiger partial charge in [0.15, 0.2) is 17.0 Å². The lowest BCUT2D eigenvalue weighted by Gasteiger charge is -2.27. The Labute approximate surface area is 219 Å². The van der Waals surface area contributed by atoms with Crippen LogP contribution in [0, 0.1) is 0 Å². The third-order valence-corrected chi connectivity index (χ3v) is 7.08. The largest absolute Gasteiger partial charge is 0.497 e. The van der Waals surface area contributed by atoms with Crippen molar-refractivity contribution in [3.63, 3.8) is 0 Å². The molecule has 2 aliphatic rings. The lowest BCUT2D eigenvalue weighted by molar-refractivity contribution is 0.410. The summed E-state index contributed by atoms with van der Waals surface area (Å²) in [6.45, 7) is 0.757. The van der Waals surface area contributed by atoms with Gasteiger partial charge in [0.1, 0.15) is 5.75 Å². The average Bonchev–Trinajstić information content (AvgIpc) is 3.51. The summed E-state index contributed by atoms with van der Waals surface area (Å²) in [4.78, 5) is 14.5. The van der Waals surface area contributed by atoms with Crippen molar-refractivity contribution in [1.29, 1.82) is 0 Å². The molecule has 0 unspecified atom stereocenters. The van der Waals surface area contributed by atoms with Gasteiger partial charge < -0.3 is 25.7 Å². The van der Waals surface area contributed by atoms with Crippen molar-refractivity contribution in [3.8, 4) is 5.75 Å². The van der Waals surface area contributed by atoms with Gasteiger partial charge in [0, 0.05) is 24.7 Å². The van der Waals surface area contributed by atoms with E-state index in [1.54, 1.807) is 7.11 Å². The first-order valence-corrected chi connectivity index (χ1v) is 12.3. The number of halogens is 2. The van der Waals surface area contributed by atoms with Crippen molar-refractivity contribution in [1.82, 2.24) is 19.5 Å². The molecule has 0 aliphatic heterocycles. The van der Waals surface area contributed by atoms with Crippen molar-refractivity contribution >= 4 is 47.7 Å². The number of ether oxygens (including phenoxy) is 1. The summed E-state index contributed by atoms with van der Waals surface area (Å²) < 4.78 is 7.62. The molecular weight excluding hydrogens is 485 g/mol. The van der Waals surface area contributed by atoms with E-state index in [0.717, 1.165) is 61.4 Å². The van der Waals surface area contributed by atoms with Crippen LogP contribution in [0.4, 0.5) is 11.8 Å². The van der Waals surface area contributed by atoms with Gasteiger partial charge >= 0.3 is 0 Å². The number of hydrogen-bond acceptors (Lipinski definition) is 7. The summed E-state index contributed by atoms with van der Waals surface area (Å²) in [5.74, 6) is 2.37. The van der Waals surface area contributed by atoms with Gasteiger partial charge in [-0.05, 0) is 62.6 Å². The predicted molar refractivity (Wildman–Crippen MR) is 146 cm³/mol. The number of fused-ring (bicyclic) bond motifs is 1. The Morgan fingerprint density at radius 2 is 1.83 bits per heavy atom. The molecule has 10 heteroatoms. The summed E-state index contributed by atoms with van der Waals surface area (Å²) in [7, 11) is 1.70. The van der Waals surface area contributed by atoms with Crippen LogP contribution >= 0.6 is 24.8 Å². The molecule has 2 saturated carbocycles. The maximum Gasteiger partial charge on any atom is 0.227 e. The highest BCUT2D eigenvalue weighted by atomic mass is 35.5. The van der Waals surface area contributed by atoms with Crippen LogP contribution in [0.2, 0.25) is 0 Å². The molecule has 0 atom stereocenters. The van der Waals surface area contributed by atoms with Crippen LogP contribution in [0.25, 0.3) is 11.2 Å². The maximum absolute atomic E-state index is 6.10. The molecule has 0 saturated heterocycles. The van der Waals surface area contributed by atoms with E-state index in [0.29, 0.717) is 24.1 Å². The standard InChI is InChI=1S/C25H35N7O.2ClH/c1-33-21-8-4-5-17(15-21)13-14-27-23-22-24(32(16-28-22)20-6-2-3-7-20)31-25(30-23)29-19-11-9-18(26)10-12-19;;/h4-5,8,15-16,18-20H,2-3,6-7,9-14,26H2,1H3,(H2,27,29,30,31);2*1H. The van der Waals surface area contributed by atoms with Gasteiger partial charge in [-0.3, -0.25) is 0 Å². The normalized spacial score (nSPS) is 20.2. The molecule has 1 aromatic carbocycles. The van der Waals surface area contributed by atoms with Gasteiger partial charge in [-0.2, -0.15) is 9.97 Å². The zero-order valence-electron chi connectivity index (χ0n) is 20.3. The first kappa shape index (κ1) is 27.3. The molecule has 3 aromatic rings. The van der Waals surface area contributed by atoms with Crippen molar-refractivity contribution in [2.45, 2.75) is 75.9 Å². The van der Waals surface area contributed by atoms with E-state index in [-0.39, 0.29) is 24.8 Å². The van der Waals surface area contributed by atoms with Crippen LogP contribution in [0.5, 0.6) is 5.75 Å². The Kier molecular flexibility index (Phi) is 9.83. The average molecular weight is 523 g/mol. The molecule has 4 N–H and O–H groups in total. The third-order valence-electron chi connectivity index (χ3n) is 7.08. The quantitative estimate of drug-likeness (QED) is 0.377. The topological polar surface area (TPSA) is 103 Å². The van der Waals surface area contributed by atoms with E-state index in [1.807, 2.05) is 18.5 Å². The lowest BCUT2D eigenvalue weighted by Crippen LogP contribution is -2.33. The number of hydrogen-bond donors (Lipinski definition) is 3. The third kappa shape index (κ3) is 6.48. The Bertz CT molecular complexity index is 1080. The molecule has 2 aliphatic carbocycles. The van der Waals surface area contributed by atoms with Crippen LogP contribution in [-0.2, 0) is 6.42 Å². The first-order chi connectivity index (χ1) is 16.2. The van der Waals surface area contributed by atoms with Gasteiger partial charge in [0.25, 0.3) is 0 Å². The van der Waals surface area contributed by atoms with Crippen molar-refractivity contribution < 1.29 is 4.74 Å². The molecule has 2 heterocycles. The molecule has 0 spiro atoms. The minimum atomic E-state index is 0. The number of anilines is 2. The van der Waals surface area contributed by atoms with Crippen LogP contribution < -0.4 is 21.1 Å². The van der Waals surface area contributed by atoms with Gasteiger partial charge in [-0.15, -0.1) is 24.8 Å². The molecular formula is C25H37Cl2N7O. The van der Waals surface area contributed by atoms with Crippen LogP contribution in [-0.4, -0.2) is 45.3 Å². The number of methoxy groups -OCH3 is 1. The fourth-order valence-electron chi connectivity index (χ4n) is 5.15. The highest BCUT2D eigenvalue weighted by Gasteiger charge is 2.23. The summed E-state index contributed by atoms with van der Waals surface area (Å²) >= 11 is 0. The monoisotopic (exact) mass is 521 g/mol. The zero-order chi connectivity index (χ0) is 22.6. The van der Waals surface area contributed by atoms with E-state index in [4.69, 9.17) is 25.4 Å². The van der Waals surface area contributed by atoms with Crippen molar-refractivity contribution in [2.75, 3.05) is 24.3 Å². The number of benzene rings is 1. The van der Waals surface area contributed by atoms with Crippen LogP contribution in [0.3, 0.4) is 0 Å². The minimum Gasteiger partial charge on any atom is -0.497 e. The van der Waals surface area contributed by atoms with Gasteiger partial charge in [-0.25, -0.2) is 4.98 Å². The molecule has 5 rings (SSSR count). The summed E-state index contributed by atoms with van der Waals surface area (Å²) in [6, 6.07) is 9.37. The summed E-state index contributed by atoms with van der Waals surface area (Å²) in [5, 5.41) is 7.12. The maximum atomic E-state index is 6.10. The van der Waals surface area contributed by atoms with Crippen molar-refractivity contribution in [3.05, 3.63) is 36.2 Å². The second-order valence-electron chi connectivity index (χ2n) is 9.44. The number of imidazole rings is 1. The number of rotatable bonds is 8. The summed E-state index contributed by atoms with van der Waals surface area (Å²) in [6.07, 6.45) is 12.0. The molecule has 192 valence electrons. The van der Waals surface area contributed by atoms with Gasteiger partial charge in [0.2, 0.25) is 5.95 Å². The second kappa shape index (κ2) is 12.6. The predicted octanol–water partition coefficient (Wildman–Crippen LogP) is 5.13. The Balaban J connectivity index is 0.00000171. The van der Waals surface area contributed by atoms with Crippen molar-refractivity contribution in [2.24, 2.45) is 5.73 Å². The van der Waals surface area contributed by atoms with Crippen LogP contribution in [0.1, 0.15) is 63.0 Å². The zero-order valence-corrected chi connectivity index (χ0v) is 21.9. The SMILES string of the molecule is COc1cccc(CCNc2nc(NC3CCC(N)CC3)nc3c2ncn3C2CCCC2)c1.Cl.Cl. The van der Waals surface area contributed by atoms with E-state index in [2.05, 4.69) is 27.3 Å². The Morgan fingerprint density at radius 1 is 1.06 bits per heavy atom. The smallest absolute Gasteiger partial charge is 0.227 e. The molecule has 2 fully saturated rings. The highest BCUT2D eigenvalue weighted by molar-refractivity contribution is 5.86. The molecule has 0 amide bonds. The molecule has 0 radical (unpaired) electrons. The van der Waals surface area contributed by atoms with E-state index in [1.165, 1.54) is 31.2 Å². The molecule has 8 nitrogen and oxygen atoms in total. The van der Waals surface area contributed by atoms with E-state index >= 15 is 0 Å². The molecule has 2 aromatic heterocycles. The minimum absolute atomic E-state index is 0. The number of aromatic nitrogens is 4. The van der Waals surface area contributed by atoms with Crippen LogP contribution in [0.15, 0.2) is 30.6 Å². The fourth-order valence-corrected chi connectivity index (χ4v) is 5.15. The van der Waals surface area contributed by atoms with E-state index < -0.39 is 0 Å². The number of nitrogens with two attached hydrogens (primary N) is 1. The van der Waals surface area contributed by atoms with Gasteiger partial charge in [-0.1, -0.05) is 25.0 Å². The summed E-state index contributed by atoms with van der Waals surface area (Å²) in [5.41, 5.74) is 9.10. The van der Waals surface area contributed by atoms with E-state index in [9.17, 15) is 0 Å². The second-order valence-corrected chi connectivity index (χ2v) is 9.44. The highest BCUT2D eigenvalue weighted by Crippen LogP contribution is 2.33. The molecule has 0 bridgehead atoms. The lowest BCUT2D eigenvalue weighted by atomic mass is 9.92. The fraction of sp³-hybridized carbons (Fsp3) is 0.560. The number of nitrogens with zero attached hydrogens (tertiary/aromatic N) is 4. The Hall–Kier alpha value is -2.29. The van der Waals surface area contributed by atoms with Gasteiger partial charge in [0.05, 0.1) is 13.4 Å².